The van der Waals surface area contributed by atoms with E-state index in [-0.39, 0.29) is 0 Å². The van der Waals surface area contributed by atoms with Gasteiger partial charge in [-0.3, -0.25) is 0 Å². The zero-order valence-corrected chi connectivity index (χ0v) is 13.8. The average Bonchev–Trinajstić information content (AvgIpc) is 2.49. The number of nitrogens with one attached hydrogen (secondary N) is 1. The van der Waals surface area contributed by atoms with Gasteiger partial charge in [0.05, 0.1) is 6.04 Å². The highest BCUT2D eigenvalue weighted by atomic mass is 16.6. The van der Waals surface area contributed by atoms with Gasteiger partial charge in [0.25, 0.3) is 0 Å². The molecule has 6 nitrogen and oxygen atoms in total. The van der Waals surface area contributed by atoms with E-state index in [1.54, 1.807) is 32.9 Å². The number of aliphatic carboxylic acids is 1. The highest BCUT2D eigenvalue weighted by Crippen LogP contribution is 2.27. The molecule has 6 heteroatoms. The number of aliphatic hydroxyl groups excluding tert-OH is 1. The Labute approximate surface area is 140 Å². The molecule has 24 heavy (non-hydrogen) atoms. The maximum Gasteiger partial charge on any atom is 0.408 e. The Balaban J connectivity index is 2.42. The maximum atomic E-state index is 12.1. The van der Waals surface area contributed by atoms with Crippen LogP contribution in [0.2, 0.25) is 0 Å². The lowest BCUT2D eigenvalue weighted by Gasteiger charge is -2.26. The van der Waals surface area contributed by atoms with Gasteiger partial charge in [-0.1, -0.05) is 42.5 Å². The summed E-state index contributed by atoms with van der Waals surface area (Å²) in [6, 6.07) is 11.5. The summed E-state index contributed by atoms with van der Waals surface area (Å²) in [7, 11) is 0. The van der Waals surface area contributed by atoms with Gasteiger partial charge < -0.3 is 20.3 Å². The van der Waals surface area contributed by atoms with Crippen molar-refractivity contribution < 1.29 is 24.5 Å². The molecule has 128 valence electrons. The van der Waals surface area contributed by atoms with Crippen molar-refractivity contribution in [3.8, 4) is 0 Å². The Bertz CT molecular complexity index is 745. The number of hydrogen-bond donors (Lipinski definition) is 3. The van der Waals surface area contributed by atoms with Crippen LogP contribution in [0.4, 0.5) is 4.79 Å². The van der Waals surface area contributed by atoms with Crippen molar-refractivity contribution in [1.82, 2.24) is 5.32 Å². The lowest BCUT2D eigenvalue weighted by Crippen LogP contribution is -2.42. The number of carboxylic acids is 1. The molecule has 0 aromatic heterocycles. The van der Waals surface area contributed by atoms with Crippen LogP contribution in [0.3, 0.4) is 0 Å². The number of ether oxygens (including phenoxy) is 1. The fraction of sp³-hybridized carbons (Fsp3) is 0.333. The van der Waals surface area contributed by atoms with Crippen LogP contribution in [-0.4, -0.2) is 34.0 Å². The monoisotopic (exact) mass is 331 g/mol. The van der Waals surface area contributed by atoms with Crippen molar-refractivity contribution >= 4 is 22.8 Å². The van der Waals surface area contributed by atoms with Crippen LogP contribution in [0.5, 0.6) is 0 Å². The first-order valence-corrected chi connectivity index (χ1v) is 7.57. The number of alkyl carbamates (subject to hydrolysis) is 1. The predicted octanol–water partition coefficient (Wildman–Crippen LogP) is 2.85. The van der Waals surface area contributed by atoms with Crippen LogP contribution in [-0.2, 0) is 9.53 Å². The molecule has 2 aromatic rings. The van der Waals surface area contributed by atoms with Crippen molar-refractivity contribution in [2.75, 3.05) is 0 Å². The number of carbonyl (C=O) groups excluding carboxylic acids is 1. The normalized spacial score (nSPS) is 14.0. The molecule has 0 saturated carbocycles. The Morgan fingerprint density at radius 1 is 1.08 bits per heavy atom. The van der Waals surface area contributed by atoms with Gasteiger partial charge in [0.15, 0.2) is 6.10 Å². The van der Waals surface area contributed by atoms with E-state index >= 15 is 0 Å². The summed E-state index contributed by atoms with van der Waals surface area (Å²) in [5, 5.41) is 23.4. The first-order chi connectivity index (χ1) is 11.2. The van der Waals surface area contributed by atoms with Gasteiger partial charge >= 0.3 is 12.1 Å². The number of hydrogen-bond acceptors (Lipinski definition) is 4. The van der Waals surface area contributed by atoms with Crippen LogP contribution in [0.15, 0.2) is 42.5 Å². The van der Waals surface area contributed by atoms with Crippen LogP contribution in [0.1, 0.15) is 32.4 Å². The van der Waals surface area contributed by atoms with Crippen LogP contribution in [0, 0.1) is 0 Å². The van der Waals surface area contributed by atoms with Gasteiger partial charge in [-0.2, -0.15) is 0 Å². The topological polar surface area (TPSA) is 95.9 Å². The van der Waals surface area contributed by atoms with Crippen LogP contribution >= 0.6 is 0 Å². The first-order valence-electron chi connectivity index (χ1n) is 7.57. The maximum absolute atomic E-state index is 12.1. The third-order valence-electron chi connectivity index (χ3n) is 3.40. The number of fused-ring (bicyclic) bond motifs is 1. The SMILES string of the molecule is CC(C)(C)OC(=O)NC(c1cccc2ccccc12)C(O)C(=O)O. The van der Waals surface area contributed by atoms with E-state index < -0.39 is 29.8 Å². The van der Waals surface area contributed by atoms with Crippen LogP contribution < -0.4 is 5.32 Å². The number of carboxylic acid groups (broad SMARTS) is 1. The van der Waals surface area contributed by atoms with Crippen molar-refractivity contribution in [3.05, 3.63) is 48.0 Å². The van der Waals surface area contributed by atoms with E-state index in [0.29, 0.717) is 5.56 Å². The molecule has 0 fully saturated rings. The third kappa shape index (κ3) is 4.23. The molecule has 0 bridgehead atoms. The van der Waals surface area contributed by atoms with Crippen molar-refractivity contribution in [2.45, 2.75) is 38.5 Å². The minimum Gasteiger partial charge on any atom is -0.479 e. The number of rotatable bonds is 4. The smallest absolute Gasteiger partial charge is 0.408 e. The van der Waals surface area contributed by atoms with Gasteiger partial charge in [-0.25, -0.2) is 9.59 Å². The molecule has 2 rings (SSSR count). The van der Waals surface area contributed by atoms with Crippen LogP contribution in [0.25, 0.3) is 10.8 Å². The number of aliphatic hydroxyl groups is 1. The molecule has 0 saturated heterocycles. The number of benzene rings is 2. The molecule has 0 aliphatic heterocycles. The summed E-state index contributed by atoms with van der Waals surface area (Å²) in [6.07, 6.45) is -2.59. The van der Waals surface area contributed by atoms with Crippen molar-refractivity contribution in [1.29, 1.82) is 0 Å². The van der Waals surface area contributed by atoms with E-state index in [9.17, 15) is 19.8 Å². The van der Waals surface area contributed by atoms with E-state index in [1.807, 2.05) is 30.3 Å². The molecule has 0 spiro atoms. The summed E-state index contributed by atoms with van der Waals surface area (Å²) >= 11 is 0. The molecule has 0 heterocycles. The molecule has 0 aliphatic carbocycles. The van der Waals surface area contributed by atoms with E-state index in [0.717, 1.165) is 10.8 Å². The molecule has 2 atom stereocenters. The summed E-state index contributed by atoms with van der Waals surface area (Å²) in [4.78, 5) is 23.3. The second kappa shape index (κ2) is 6.88. The molecule has 0 radical (unpaired) electrons. The average molecular weight is 331 g/mol. The Morgan fingerprint density at radius 2 is 1.71 bits per heavy atom. The first kappa shape index (κ1) is 17.7. The van der Waals surface area contributed by atoms with Gasteiger partial charge in [-0.15, -0.1) is 0 Å². The summed E-state index contributed by atoms with van der Waals surface area (Å²) in [5.41, 5.74) is -0.226. The van der Waals surface area contributed by atoms with E-state index in [1.165, 1.54) is 0 Å². The minimum absolute atomic E-state index is 0.508. The number of amides is 1. The predicted molar refractivity (Wildman–Crippen MR) is 89.7 cm³/mol. The van der Waals surface area contributed by atoms with Crippen molar-refractivity contribution in [2.24, 2.45) is 0 Å². The molecule has 3 N–H and O–H groups in total. The molecule has 1 amide bonds. The molecular formula is C18H21NO5. The Kier molecular flexibility index (Phi) is 5.09. The zero-order valence-electron chi connectivity index (χ0n) is 13.8. The quantitative estimate of drug-likeness (QED) is 0.800. The Hall–Kier alpha value is -2.60. The van der Waals surface area contributed by atoms with Gasteiger partial charge in [0.1, 0.15) is 5.60 Å². The largest absolute Gasteiger partial charge is 0.479 e. The summed E-state index contributed by atoms with van der Waals surface area (Å²) in [6.45, 7) is 5.10. The molecular weight excluding hydrogens is 310 g/mol. The highest BCUT2D eigenvalue weighted by Gasteiger charge is 2.31. The lowest BCUT2D eigenvalue weighted by molar-refractivity contribution is -0.148. The summed E-state index contributed by atoms with van der Waals surface area (Å²) < 4.78 is 5.18. The third-order valence-corrected chi connectivity index (χ3v) is 3.40. The van der Waals surface area contributed by atoms with Gasteiger partial charge in [0, 0.05) is 0 Å². The molecule has 2 unspecified atom stereocenters. The fourth-order valence-electron chi connectivity index (χ4n) is 2.43. The fourth-order valence-corrected chi connectivity index (χ4v) is 2.43. The zero-order chi connectivity index (χ0) is 17.9. The number of carbonyl (C=O) groups is 2. The Morgan fingerprint density at radius 3 is 2.33 bits per heavy atom. The minimum atomic E-state index is -1.80. The van der Waals surface area contributed by atoms with E-state index in [2.05, 4.69) is 5.32 Å². The lowest BCUT2D eigenvalue weighted by atomic mass is 9.95. The standard InChI is InChI=1S/C18H21NO5/c1-18(2,3)24-17(23)19-14(15(20)16(21)22)13-10-6-8-11-7-4-5-9-12(11)13/h4-10,14-15,20H,1-3H3,(H,19,23)(H,21,22). The second-order valence-electron chi connectivity index (χ2n) is 6.48. The highest BCUT2D eigenvalue weighted by molar-refractivity contribution is 5.87. The molecule has 2 aromatic carbocycles. The van der Waals surface area contributed by atoms with Crippen molar-refractivity contribution in [3.63, 3.8) is 0 Å². The molecule has 0 aliphatic rings. The van der Waals surface area contributed by atoms with Gasteiger partial charge in [0.2, 0.25) is 0 Å². The second-order valence-corrected chi connectivity index (χ2v) is 6.48. The van der Waals surface area contributed by atoms with Gasteiger partial charge in [-0.05, 0) is 37.1 Å². The summed E-state index contributed by atoms with van der Waals surface area (Å²) in [5.74, 6) is -1.43. The van der Waals surface area contributed by atoms with E-state index in [4.69, 9.17) is 4.74 Å².